The third kappa shape index (κ3) is 6.52. The van der Waals surface area contributed by atoms with E-state index in [1.165, 1.54) is 11.8 Å². The molecule has 122 valence electrons. The molecule has 1 atom stereocenters. The van der Waals surface area contributed by atoms with Crippen LogP contribution in [0.2, 0.25) is 0 Å². The number of nitrogens with zero attached hydrogens (tertiary/aromatic N) is 1. The van der Waals surface area contributed by atoms with Gasteiger partial charge in [-0.25, -0.2) is 0 Å². The first-order valence-electron chi connectivity index (χ1n) is 7.54. The lowest BCUT2D eigenvalue weighted by molar-refractivity contribution is -0.135. The number of benzene rings is 1. The number of carbonyl (C=O) groups excluding carboxylic acids is 2. The monoisotopic (exact) mass is 322 g/mol. The molecular weight excluding hydrogens is 296 g/mol. The summed E-state index contributed by atoms with van der Waals surface area (Å²) in [5.74, 6) is -0.139. The van der Waals surface area contributed by atoms with Gasteiger partial charge in [0.1, 0.15) is 0 Å². The Kier molecular flexibility index (Phi) is 6.94. The van der Waals surface area contributed by atoms with Crippen molar-refractivity contribution < 1.29 is 9.59 Å². The number of hydrogen-bond donors (Lipinski definition) is 1. The van der Waals surface area contributed by atoms with Crippen LogP contribution in [-0.2, 0) is 9.59 Å². The van der Waals surface area contributed by atoms with Gasteiger partial charge in [-0.2, -0.15) is 0 Å². The summed E-state index contributed by atoms with van der Waals surface area (Å²) in [6, 6.07) is 9.82. The Morgan fingerprint density at radius 1 is 1.23 bits per heavy atom. The van der Waals surface area contributed by atoms with Crippen molar-refractivity contribution in [3.63, 3.8) is 0 Å². The molecule has 0 heterocycles. The second-order valence-electron chi connectivity index (χ2n) is 6.22. The molecular formula is C17H26N2O2S. The predicted molar refractivity (Wildman–Crippen MR) is 91.9 cm³/mol. The molecule has 0 fully saturated rings. The van der Waals surface area contributed by atoms with Gasteiger partial charge in [0.25, 0.3) is 0 Å². The van der Waals surface area contributed by atoms with Gasteiger partial charge in [0.2, 0.25) is 11.8 Å². The second-order valence-corrected chi connectivity index (χ2v) is 7.64. The fraction of sp³-hybridized carbons (Fsp3) is 0.529. The Hall–Kier alpha value is -1.49. The van der Waals surface area contributed by atoms with Crippen LogP contribution in [0.4, 0.5) is 0 Å². The van der Waals surface area contributed by atoms with Crippen molar-refractivity contribution in [3.8, 4) is 0 Å². The van der Waals surface area contributed by atoms with E-state index in [2.05, 4.69) is 5.32 Å². The second kappa shape index (κ2) is 8.22. The molecule has 0 aliphatic carbocycles. The number of nitrogens with one attached hydrogen (secondary N) is 1. The number of thioether (sulfide) groups is 1. The molecule has 1 N–H and O–H groups in total. The van der Waals surface area contributed by atoms with Crippen molar-refractivity contribution >= 4 is 23.6 Å². The minimum atomic E-state index is -0.288. The van der Waals surface area contributed by atoms with Crippen LogP contribution >= 0.6 is 11.8 Å². The molecule has 2 amide bonds. The Labute approximate surface area is 137 Å². The Morgan fingerprint density at radius 2 is 1.82 bits per heavy atom. The van der Waals surface area contributed by atoms with Crippen molar-refractivity contribution in [2.45, 2.75) is 50.3 Å². The van der Waals surface area contributed by atoms with Crippen molar-refractivity contribution in [3.05, 3.63) is 30.3 Å². The van der Waals surface area contributed by atoms with Crippen LogP contribution in [-0.4, -0.2) is 40.6 Å². The minimum absolute atomic E-state index is 0.0135. The van der Waals surface area contributed by atoms with E-state index in [1.54, 1.807) is 4.90 Å². The summed E-state index contributed by atoms with van der Waals surface area (Å²) in [5, 5.41) is 2.67. The molecule has 1 rings (SSSR count). The van der Waals surface area contributed by atoms with Gasteiger partial charge in [-0.3, -0.25) is 9.59 Å². The van der Waals surface area contributed by atoms with E-state index >= 15 is 0 Å². The summed E-state index contributed by atoms with van der Waals surface area (Å²) in [7, 11) is 0. The SMILES string of the molecule is CCN(CC(=O)NC(C)(C)C)C(=O)C(C)Sc1ccccc1. The van der Waals surface area contributed by atoms with E-state index in [0.29, 0.717) is 6.54 Å². The lowest BCUT2D eigenvalue weighted by Gasteiger charge is -2.26. The maximum Gasteiger partial charge on any atom is 0.240 e. The van der Waals surface area contributed by atoms with Crippen LogP contribution in [0.1, 0.15) is 34.6 Å². The molecule has 0 aromatic heterocycles. The maximum atomic E-state index is 12.5. The fourth-order valence-electron chi connectivity index (χ4n) is 1.99. The molecule has 22 heavy (non-hydrogen) atoms. The maximum absolute atomic E-state index is 12.5. The molecule has 1 aromatic rings. The summed E-state index contributed by atoms with van der Waals surface area (Å²) in [4.78, 5) is 27.2. The van der Waals surface area contributed by atoms with E-state index in [9.17, 15) is 9.59 Å². The summed E-state index contributed by atoms with van der Waals surface area (Å²) in [6.07, 6.45) is 0. The third-order valence-electron chi connectivity index (χ3n) is 2.95. The molecule has 5 heteroatoms. The van der Waals surface area contributed by atoms with Crippen LogP contribution in [0.25, 0.3) is 0 Å². The van der Waals surface area contributed by atoms with Gasteiger partial charge >= 0.3 is 0 Å². The first kappa shape index (κ1) is 18.6. The minimum Gasteiger partial charge on any atom is -0.350 e. The molecule has 0 bridgehead atoms. The summed E-state index contributed by atoms with van der Waals surface area (Å²) in [6.45, 7) is 10.2. The Balaban J connectivity index is 2.61. The standard InChI is InChI=1S/C17H26N2O2S/c1-6-19(12-15(20)18-17(3,4)5)16(21)13(2)22-14-10-8-7-9-11-14/h7-11,13H,6,12H2,1-5H3,(H,18,20). The quantitative estimate of drug-likeness (QED) is 0.819. The molecule has 0 radical (unpaired) electrons. The lowest BCUT2D eigenvalue weighted by atomic mass is 10.1. The topological polar surface area (TPSA) is 49.4 Å². The Morgan fingerprint density at radius 3 is 2.32 bits per heavy atom. The third-order valence-corrected chi connectivity index (χ3v) is 4.05. The number of likely N-dealkylation sites (N-methyl/N-ethyl adjacent to an activating group) is 1. The molecule has 0 aliphatic rings. The smallest absolute Gasteiger partial charge is 0.240 e. The van der Waals surface area contributed by atoms with Gasteiger partial charge in [-0.15, -0.1) is 11.8 Å². The highest BCUT2D eigenvalue weighted by atomic mass is 32.2. The zero-order valence-electron chi connectivity index (χ0n) is 14.1. The number of carbonyl (C=O) groups is 2. The fourth-order valence-corrected chi connectivity index (χ4v) is 2.96. The van der Waals surface area contributed by atoms with Crippen molar-refractivity contribution in [2.24, 2.45) is 0 Å². The summed E-state index contributed by atoms with van der Waals surface area (Å²) in [5.41, 5.74) is -0.288. The highest BCUT2D eigenvalue weighted by molar-refractivity contribution is 8.00. The highest BCUT2D eigenvalue weighted by Gasteiger charge is 2.23. The van der Waals surface area contributed by atoms with Crippen LogP contribution in [0, 0.1) is 0 Å². The van der Waals surface area contributed by atoms with Crippen LogP contribution in [0.3, 0.4) is 0 Å². The van der Waals surface area contributed by atoms with Gasteiger partial charge in [0, 0.05) is 17.0 Å². The summed E-state index contributed by atoms with van der Waals surface area (Å²) < 4.78 is 0. The zero-order chi connectivity index (χ0) is 16.8. The largest absolute Gasteiger partial charge is 0.350 e. The zero-order valence-corrected chi connectivity index (χ0v) is 14.9. The van der Waals surface area contributed by atoms with E-state index in [4.69, 9.17) is 0 Å². The van der Waals surface area contributed by atoms with Gasteiger partial charge in [-0.05, 0) is 46.8 Å². The molecule has 1 aromatic carbocycles. The normalized spacial score (nSPS) is 12.6. The number of hydrogen-bond acceptors (Lipinski definition) is 3. The first-order chi connectivity index (χ1) is 10.2. The molecule has 4 nitrogen and oxygen atoms in total. The van der Waals surface area contributed by atoms with E-state index in [1.807, 2.05) is 65.0 Å². The van der Waals surface area contributed by atoms with E-state index in [0.717, 1.165) is 4.90 Å². The molecule has 0 spiro atoms. The predicted octanol–water partition coefficient (Wildman–Crippen LogP) is 2.93. The van der Waals surface area contributed by atoms with Crippen LogP contribution in [0.15, 0.2) is 35.2 Å². The molecule has 0 saturated carbocycles. The Bertz CT molecular complexity index is 497. The summed E-state index contributed by atoms with van der Waals surface area (Å²) >= 11 is 1.51. The lowest BCUT2D eigenvalue weighted by Crippen LogP contribution is -2.48. The van der Waals surface area contributed by atoms with Crippen LogP contribution in [0.5, 0.6) is 0 Å². The highest BCUT2D eigenvalue weighted by Crippen LogP contribution is 2.23. The molecule has 0 aliphatic heterocycles. The van der Waals surface area contributed by atoms with Gasteiger partial charge < -0.3 is 10.2 Å². The van der Waals surface area contributed by atoms with Gasteiger partial charge in [0.15, 0.2) is 0 Å². The first-order valence-corrected chi connectivity index (χ1v) is 8.42. The van der Waals surface area contributed by atoms with Gasteiger partial charge in [0.05, 0.1) is 11.8 Å². The van der Waals surface area contributed by atoms with Crippen molar-refractivity contribution in [1.82, 2.24) is 10.2 Å². The van der Waals surface area contributed by atoms with E-state index < -0.39 is 0 Å². The van der Waals surface area contributed by atoms with Crippen molar-refractivity contribution in [2.75, 3.05) is 13.1 Å². The average Bonchev–Trinajstić information content (AvgIpc) is 2.43. The number of rotatable bonds is 6. The molecule has 0 saturated heterocycles. The van der Waals surface area contributed by atoms with Gasteiger partial charge in [-0.1, -0.05) is 18.2 Å². The van der Waals surface area contributed by atoms with Crippen molar-refractivity contribution in [1.29, 1.82) is 0 Å². The number of amides is 2. The van der Waals surface area contributed by atoms with Crippen LogP contribution < -0.4 is 5.32 Å². The average molecular weight is 322 g/mol. The molecule has 1 unspecified atom stereocenters. The van der Waals surface area contributed by atoms with E-state index in [-0.39, 0.29) is 29.1 Å².